The van der Waals surface area contributed by atoms with Gasteiger partial charge in [0.05, 0.1) is 24.7 Å². The molecule has 5 heteroatoms. The summed E-state index contributed by atoms with van der Waals surface area (Å²) in [6.45, 7) is 2.79. The van der Waals surface area contributed by atoms with E-state index < -0.39 is 0 Å². The Kier molecular flexibility index (Phi) is 5.81. The third-order valence-corrected chi connectivity index (χ3v) is 2.30. The van der Waals surface area contributed by atoms with Crippen molar-refractivity contribution in [1.82, 2.24) is 5.32 Å². The summed E-state index contributed by atoms with van der Waals surface area (Å²) in [6, 6.07) is 6.14. The summed E-state index contributed by atoms with van der Waals surface area (Å²) >= 11 is 0. The maximum Gasteiger partial charge on any atom is 0.307 e. The summed E-state index contributed by atoms with van der Waals surface area (Å²) in [5, 5.41) is 11.6. The van der Waals surface area contributed by atoms with Gasteiger partial charge in [-0.05, 0) is 25.1 Å². The van der Waals surface area contributed by atoms with Crippen LogP contribution in [-0.4, -0.2) is 19.1 Å². The zero-order valence-electron chi connectivity index (χ0n) is 10.2. The first-order valence-corrected chi connectivity index (χ1v) is 5.72. The summed E-state index contributed by atoms with van der Waals surface area (Å²) in [5.74, 6) is -0.645. The molecule has 0 saturated heterocycles. The number of hydrogen-bond donors (Lipinski definition) is 1. The number of nitriles is 1. The van der Waals surface area contributed by atoms with E-state index in [0.29, 0.717) is 24.3 Å². The van der Waals surface area contributed by atoms with Gasteiger partial charge in [0.2, 0.25) is 0 Å². The third kappa shape index (κ3) is 4.52. The largest absolute Gasteiger partial charge is 0.466 e. The molecule has 0 unspecified atom stereocenters. The van der Waals surface area contributed by atoms with Crippen LogP contribution >= 0.6 is 0 Å². The molecule has 0 amide bonds. The van der Waals surface area contributed by atoms with Crippen LogP contribution in [0.4, 0.5) is 4.39 Å². The molecular weight excluding hydrogens is 235 g/mol. The number of carbonyl (C=O) groups excluding carboxylic acids is 1. The fraction of sp³-hybridized carbons (Fsp3) is 0.385. The number of nitrogens with one attached hydrogen (secondary N) is 1. The molecule has 0 aromatic heterocycles. The standard InChI is InChI=1S/C13H15FN2O2/c1-2-18-13(17)5-6-16-9-11-7-10(8-15)3-4-12(11)14/h3-4,7,16H,2,5-6,9H2,1H3. The van der Waals surface area contributed by atoms with Gasteiger partial charge in [-0.3, -0.25) is 4.79 Å². The highest BCUT2D eigenvalue weighted by Crippen LogP contribution is 2.09. The normalized spacial score (nSPS) is 9.83. The van der Waals surface area contributed by atoms with Gasteiger partial charge >= 0.3 is 5.97 Å². The van der Waals surface area contributed by atoms with Gasteiger partial charge in [-0.15, -0.1) is 0 Å². The zero-order valence-corrected chi connectivity index (χ0v) is 10.2. The van der Waals surface area contributed by atoms with Gasteiger partial charge in [-0.2, -0.15) is 5.26 Å². The van der Waals surface area contributed by atoms with Gasteiger partial charge in [0.1, 0.15) is 5.82 Å². The molecule has 1 rings (SSSR count). The molecule has 0 bridgehead atoms. The number of carbonyl (C=O) groups is 1. The van der Waals surface area contributed by atoms with Crippen LogP contribution < -0.4 is 5.32 Å². The number of halogens is 1. The predicted octanol–water partition coefficient (Wildman–Crippen LogP) is 1.74. The van der Waals surface area contributed by atoms with Crippen molar-refractivity contribution in [3.63, 3.8) is 0 Å². The second-order valence-electron chi connectivity index (χ2n) is 3.65. The molecule has 1 aromatic rings. The van der Waals surface area contributed by atoms with Crippen LogP contribution in [0.25, 0.3) is 0 Å². The average Bonchev–Trinajstić information content (AvgIpc) is 2.37. The molecule has 1 aromatic carbocycles. The Labute approximate surface area is 105 Å². The summed E-state index contributed by atoms with van der Waals surface area (Å²) in [4.78, 5) is 11.0. The maximum absolute atomic E-state index is 13.4. The monoisotopic (exact) mass is 250 g/mol. The van der Waals surface area contributed by atoms with Crippen LogP contribution in [0.3, 0.4) is 0 Å². The van der Waals surface area contributed by atoms with E-state index in [1.54, 1.807) is 6.92 Å². The SMILES string of the molecule is CCOC(=O)CCNCc1cc(C#N)ccc1F. The second kappa shape index (κ2) is 7.41. The lowest BCUT2D eigenvalue weighted by molar-refractivity contribution is -0.142. The molecule has 0 heterocycles. The lowest BCUT2D eigenvalue weighted by atomic mass is 10.1. The Morgan fingerprint density at radius 1 is 1.56 bits per heavy atom. The zero-order chi connectivity index (χ0) is 13.4. The van der Waals surface area contributed by atoms with Gasteiger partial charge < -0.3 is 10.1 Å². The average molecular weight is 250 g/mol. The van der Waals surface area contributed by atoms with Gasteiger partial charge in [-0.25, -0.2) is 4.39 Å². The van der Waals surface area contributed by atoms with Gasteiger partial charge in [-0.1, -0.05) is 0 Å². The van der Waals surface area contributed by atoms with Crippen LogP contribution in [0.5, 0.6) is 0 Å². The van der Waals surface area contributed by atoms with Gasteiger partial charge in [0, 0.05) is 18.7 Å². The minimum atomic E-state index is -0.363. The van der Waals surface area contributed by atoms with Crippen LogP contribution in [0, 0.1) is 17.1 Å². The Hall–Kier alpha value is -1.93. The highest BCUT2D eigenvalue weighted by molar-refractivity contribution is 5.69. The molecule has 0 spiro atoms. The van der Waals surface area contributed by atoms with Crippen LogP contribution in [0.2, 0.25) is 0 Å². The van der Waals surface area contributed by atoms with Crippen molar-refractivity contribution in [1.29, 1.82) is 5.26 Å². The molecule has 0 aliphatic heterocycles. The quantitative estimate of drug-likeness (QED) is 0.617. The molecule has 18 heavy (non-hydrogen) atoms. The summed E-state index contributed by atoms with van der Waals surface area (Å²) in [6.07, 6.45) is 0.243. The highest BCUT2D eigenvalue weighted by Gasteiger charge is 2.04. The van der Waals surface area contributed by atoms with E-state index >= 15 is 0 Å². The highest BCUT2D eigenvalue weighted by atomic mass is 19.1. The van der Waals surface area contributed by atoms with Crippen molar-refractivity contribution in [2.45, 2.75) is 19.9 Å². The summed E-state index contributed by atoms with van der Waals surface area (Å²) < 4.78 is 18.1. The molecule has 1 N–H and O–H groups in total. The molecule has 0 aliphatic rings. The van der Waals surface area contributed by atoms with Crippen molar-refractivity contribution >= 4 is 5.97 Å². The van der Waals surface area contributed by atoms with E-state index in [-0.39, 0.29) is 24.8 Å². The molecule has 0 fully saturated rings. The van der Waals surface area contributed by atoms with E-state index in [9.17, 15) is 9.18 Å². The third-order valence-electron chi connectivity index (χ3n) is 2.30. The van der Waals surface area contributed by atoms with Crippen molar-refractivity contribution in [3.05, 3.63) is 35.1 Å². The fourth-order valence-electron chi connectivity index (χ4n) is 1.43. The second-order valence-corrected chi connectivity index (χ2v) is 3.65. The predicted molar refractivity (Wildman–Crippen MR) is 64.1 cm³/mol. The summed E-state index contributed by atoms with van der Waals surface area (Å²) in [7, 11) is 0. The minimum Gasteiger partial charge on any atom is -0.466 e. The molecular formula is C13H15FN2O2. The van der Waals surface area contributed by atoms with E-state index in [0.717, 1.165) is 0 Å². The van der Waals surface area contributed by atoms with E-state index in [1.807, 2.05) is 6.07 Å². The first-order valence-electron chi connectivity index (χ1n) is 5.72. The number of nitrogens with zero attached hydrogens (tertiary/aromatic N) is 1. The first kappa shape index (κ1) is 14.1. The van der Waals surface area contributed by atoms with Crippen molar-refractivity contribution in [2.24, 2.45) is 0 Å². The number of ether oxygens (including phenoxy) is 1. The minimum absolute atomic E-state index is 0.243. The topological polar surface area (TPSA) is 62.1 Å². The molecule has 0 aliphatic carbocycles. The maximum atomic E-state index is 13.4. The van der Waals surface area contributed by atoms with Gasteiger partial charge in [0.25, 0.3) is 0 Å². The van der Waals surface area contributed by atoms with Crippen LogP contribution in [0.1, 0.15) is 24.5 Å². The van der Waals surface area contributed by atoms with Crippen molar-refractivity contribution in [3.8, 4) is 6.07 Å². The molecule has 96 valence electrons. The molecule has 0 saturated carbocycles. The van der Waals surface area contributed by atoms with E-state index in [2.05, 4.69) is 5.32 Å². The van der Waals surface area contributed by atoms with Crippen LogP contribution in [-0.2, 0) is 16.1 Å². The lowest BCUT2D eigenvalue weighted by Gasteiger charge is -2.06. The van der Waals surface area contributed by atoms with Crippen LogP contribution in [0.15, 0.2) is 18.2 Å². The Balaban J connectivity index is 2.40. The number of benzene rings is 1. The number of rotatable bonds is 6. The van der Waals surface area contributed by atoms with Crippen molar-refractivity contribution < 1.29 is 13.9 Å². The van der Waals surface area contributed by atoms with E-state index in [4.69, 9.17) is 10.00 Å². The molecule has 0 atom stereocenters. The number of hydrogen-bond acceptors (Lipinski definition) is 4. The lowest BCUT2D eigenvalue weighted by Crippen LogP contribution is -2.19. The molecule has 0 radical (unpaired) electrons. The van der Waals surface area contributed by atoms with Crippen molar-refractivity contribution in [2.75, 3.05) is 13.2 Å². The Bertz CT molecular complexity index is 455. The fourth-order valence-corrected chi connectivity index (χ4v) is 1.43. The Morgan fingerprint density at radius 3 is 3.00 bits per heavy atom. The Morgan fingerprint density at radius 2 is 2.33 bits per heavy atom. The smallest absolute Gasteiger partial charge is 0.307 e. The number of esters is 1. The molecule has 4 nitrogen and oxygen atoms in total. The summed E-state index contributed by atoms with van der Waals surface area (Å²) in [5.41, 5.74) is 0.830. The van der Waals surface area contributed by atoms with E-state index in [1.165, 1.54) is 18.2 Å². The first-order chi connectivity index (χ1) is 8.67. The van der Waals surface area contributed by atoms with Gasteiger partial charge in [0.15, 0.2) is 0 Å².